The zero-order valence-electron chi connectivity index (χ0n) is 4.69. The standard InChI is InChI=1S/C5H11BrO/c1-4(6)3-5(2)7/h4-5,7H,3H2,1-2H3. The molecule has 1 N–H and O–H groups in total. The van der Waals surface area contributed by atoms with Gasteiger partial charge in [0.2, 0.25) is 0 Å². The lowest BCUT2D eigenvalue weighted by Gasteiger charge is -2.03. The molecule has 2 unspecified atom stereocenters. The van der Waals surface area contributed by atoms with Crippen LogP contribution in [-0.4, -0.2) is 16.0 Å². The van der Waals surface area contributed by atoms with Crippen LogP contribution in [0.2, 0.25) is 0 Å². The van der Waals surface area contributed by atoms with Crippen molar-refractivity contribution in [2.45, 2.75) is 31.2 Å². The summed E-state index contributed by atoms with van der Waals surface area (Å²) in [6.45, 7) is 3.81. The van der Waals surface area contributed by atoms with Crippen LogP contribution in [0.25, 0.3) is 0 Å². The number of hydrogen-bond acceptors (Lipinski definition) is 1. The molecule has 0 aromatic rings. The third-order valence-electron chi connectivity index (χ3n) is 0.666. The highest BCUT2D eigenvalue weighted by Crippen LogP contribution is 2.05. The molecule has 0 radical (unpaired) electrons. The van der Waals surface area contributed by atoms with Gasteiger partial charge in [-0.2, -0.15) is 0 Å². The summed E-state index contributed by atoms with van der Waals surface area (Å²) in [5, 5.41) is 8.69. The van der Waals surface area contributed by atoms with Crippen LogP contribution in [0.1, 0.15) is 20.3 Å². The van der Waals surface area contributed by atoms with Crippen molar-refractivity contribution in [3.05, 3.63) is 0 Å². The summed E-state index contributed by atoms with van der Waals surface area (Å²) < 4.78 is 0. The van der Waals surface area contributed by atoms with Gasteiger partial charge in [0.15, 0.2) is 0 Å². The van der Waals surface area contributed by atoms with Gasteiger partial charge < -0.3 is 5.11 Å². The second-order valence-electron chi connectivity index (χ2n) is 1.87. The summed E-state index contributed by atoms with van der Waals surface area (Å²) in [6.07, 6.45) is 0.661. The van der Waals surface area contributed by atoms with E-state index in [-0.39, 0.29) is 6.10 Å². The van der Waals surface area contributed by atoms with E-state index in [0.717, 1.165) is 6.42 Å². The van der Waals surface area contributed by atoms with Crippen molar-refractivity contribution >= 4 is 15.9 Å². The minimum absolute atomic E-state index is 0.172. The molecule has 0 aliphatic rings. The van der Waals surface area contributed by atoms with Gasteiger partial charge in [-0.05, 0) is 13.3 Å². The van der Waals surface area contributed by atoms with Crippen molar-refractivity contribution in [2.24, 2.45) is 0 Å². The van der Waals surface area contributed by atoms with Gasteiger partial charge in [-0.25, -0.2) is 0 Å². The molecular weight excluding hydrogens is 156 g/mol. The molecule has 0 saturated carbocycles. The summed E-state index contributed by atoms with van der Waals surface area (Å²) in [5.74, 6) is 0. The quantitative estimate of drug-likeness (QED) is 0.618. The smallest absolute Gasteiger partial charge is 0.0522 e. The predicted octanol–water partition coefficient (Wildman–Crippen LogP) is 1.54. The molecule has 0 fully saturated rings. The number of aliphatic hydroxyl groups is 1. The third kappa shape index (κ3) is 6.44. The Morgan fingerprint density at radius 3 is 2.00 bits per heavy atom. The maximum Gasteiger partial charge on any atom is 0.0522 e. The first-order valence-corrected chi connectivity index (χ1v) is 3.36. The van der Waals surface area contributed by atoms with Crippen LogP contribution in [0.15, 0.2) is 0 Å². The maximum atomic E-state index is 8.69. The van der Waals surface area contributed by atoms with Crippen LogP contribution in [0.5, 0.6) is 0 Å². The van der Waals surface area contributed by atoms with E-state index in [9.17, 15) is 0 Å². The Labute approximate surface area is 52.9 Å². The summed E-state index contributed by atoms with van der Waals surface area (Å²) in [7, 11) is 0. The van der Waals surface area contributed by atoms with Gasteiger partial charge in [0.1, 0.15) is 0 Å². The van der Waals surface area contributed by atoms with Crippen molar-refractivity contribution in [1.82, 2.24) is 0 Å². The van der Waals surface area contributed by atoms with E-state index < -0.39 is 0 Å². The third-order valence-corrected chi connectivity index (χ3v) is 1.04. The van der Waals surface area contributed by atoms with Crippen LogP contribution in [-0.2, 0) is 0 Å². The molecule has 0 saturated heterocycles. The lowest BCUT2D eigenvalue weighted by Crippen LogP contribution is -2.04. The number of rotatable bonds is 2. The van der Waals surface area contributed by atoms with Crippen molar-refractivity contribution in [2.75, 3.05) is 0 Å². The minimum atomic E-state index is -0.172. The first-order chi connectivity index (χ1) is 3.13. The van der Waals surface area contributed by atoms with Gasteiger partial charge in [0.25, 0.3) is 0 Å². The van der Waals surface area contributed by atoms with E-state index in [4.69, 9.17) is 5.11 Å². The van der Waals surface area contributed by atoms with E-state index >= 15 is 0 Å². The second-order valence-corrected chi connectivity index (χ2v) is 3.43. The van der Waals surface area contributed by atoms with Crippen LogP contribution in [0.3, 0.4) is 0 Å². The fraction of sp³-hybridized carbons (Fsp3) is 1.00. The Morgan fingerprint density at radius 2 is 2.00 bits per heavy atom. The normalized spacial score (nSPS) is 18.9. The van der Waals surface area contributed by atoms with Crippen LogP contribution in [0.4, 0.5) is 0 Å². The van der Waals surface area contributed by atoms with Gasteiger partial charge >= 0.3 is 0 Å². The highest BCUT2D eigenvalue weighted by molar-refractivity contribution is 9.09. The topological polar surface area (TPSA) is 20.2 Å². The average molecular weight is 167 g/mol. The zero-order valence-corrected chi connectivity index (χ0v) is 6.27. The molecule has 0 aromatic heterocycles. The van der Waals surface area contributed by atoms with Gasteiger partial charge in [-0.15, -0.1) is 0 Å². The molecule has 0 rings (SSSR count). The van der Waals surface area contributed by atoms with Crippen LogP contribution >= 0.6 is 15.9 Å². The molecular formula is C5H11BrO. The molecule has 0 aliphatic heterocycles. The molecule has 0 aromatic carbocycles. The summed E-state index contributed by atoms with van der Waals surface area (Å²) >= 11 is 3.31. The van der Waals surface area contributed by atoms with E-state index in [0.29, 0.717) is 4.83 Å². The minimum Gasteiger partial charge on any atom is -0.393 e. The number of aliphatic hydroxyl groups excluding tert-OH is 1. The van der Waals surface area contributed by atoms with Gasteiger partial charge in [-0.1, -0.05) is 22.9 Å². The molecule has 44 valence electrons. The Morgan fingerprint density at radius 1 is 1.57 bits per heavy atom. The summed E-state index contributed by atoms with van der Waals surface area (Å²) in [5.41, 5.74) is 0. The maximum absolute atomic E-state index is 8.69. The molecule has 0 heterocycles. The summed E-state index contributed by atoms with van der Waals surface area (Å²) in [6, 6.07) is 0. The number of alkyl halides is 1. The average Bonchev–Trinajstić information content (AvgIpc) is 1.27. The molecule has 2 heteroatoms. The molecule has 0 bridgehead atoms. The molecule has 2 atom stereocenters. The number of hydrogen-bond donors (Lipinski definition) is 1. The highest BCUT2D eigenvalue weighted by atomic mass is 79.9. The Bertz CT molecular complexity index is 37.3. The van der Waals surface area contributed by atoms with Crippen molar-refractivity contribution in [1.29, 1.82) is 0 Å². The van der Waals surface area contributed by atoms with E-state index in [1.807, 2.05) is 6.92 Å². The first-order valence-electron chi connectivity index (χ1n) is 2.45. The number of halogens is 1. The second kappa shape index (κ2) is 3.44. The lowest BCUT2D eigenvalue weighted by atomic mass is 10.2. The lowest BCUT2D eigenvalue weighted by molar-refractivity contribution is 0.186. The molecule has 0 spiro atoms. The predicted molar refractivity (Wildman–Crippen MR) is 34.7 cm³/mol. The van der Waals surface area contributed by atoms with Crippen molar-refractivity contribution in [3.63, 3.8) is 0 Å². The molecule has 0 aliphatic carbocycles. The highest BCUT2D eigenvalue weighted by Gasteiger charge is 1.98. The molecule has 1 nitrogen and oxygen atoms in total. The molecule has 7 heavy (non-hydrogen) atoms. The van der Waals surface area contributed by atoms with Gasteiger partial charge in [0, 0.05) is 4.83 Å². The van der Waals surface area contributed by atoms with Gasteiger partial charge in [-0.3, -0.25) is 0 Å². The van der Waals surface area contributed by atoms with E-state index in [1.54, 1.807) is 6.92 Å². The van der Waals surface area contributed by atoms with Crippen molar-refractivity contribution in [3.8, 4) is 0 Å². The SMILES string of the molecule is CC(O)CC(C)Br. The zero-order chi connectivity index (χ0) is 5.86. The largest absolute Gasteiger partial charge is 0.393 e. The Kier molecular flexibility index (Phi) is 3.66. The fourth-order valence-corrected chi connectivity index (χ4v) is 1.01. The van der Waals surface area contributed by atoms with E-state index in [2.05, 4.69) is 15.9 Å². The van der Waals surface area contributed by atoms with Crippen LogP contribution in [0, 0.1) is 0 Å². The van der Waals surface area contributed by atoms with E-state index in [1.165, 1.54) is 0 Å². The first kappa shape index (κ1) is 7.44. The molecule has 0 amide bonds. The Balaban J connectivity index is 2.95. The van der Waals surface area contributed by atoms with Crippen molar-refractivity contribution < 1.29 is 5.11 Å². The summed E-state index contributed by atoms with van der Waals surface area (Å²) in [4.78, 5) is 0.437. The monoisotopic (exact) mass is 166 g/mol. The Hall–Kier alpha value is 0.440. The van der Waals surface area contributed by atoms with Gasteiger partial charge in [0.05, 0.1) is 6.10 Å². The fourth-order valence-electron chi connectivity index (χ4n) is 0.470. The van der Waals surface area contributed by atoms with Crippen LogP contribution < -0.4 is 0 Å².